The molecule has 1 aromatic carbocycles. The molecule has 8 heteroatoms. The first kappa shape index (κ1) is 21.0. The Morgan fingerprint density at radius 3 is 2.60 bits per heavy atom. The van der Waals surface area contributed by atoms with E-state index in [1.165, 1.54) is 4.90 Å². The summed E-state index contributed by atoms with van der Waals surface area (Å²) in [5.41, 5.74) is 0.987. The van der Waals surface area contributed by atoms with Crippen molar-refractivity contribution in [2.75, 3.05) is 31.5 Å². The summed E-state index contributed by atoms with van der Waals surface area (Å²) in [6, 6.07) is 8.27. The smallest absolute Gasteiger partial charge is 0.265 e. The summed E-state index contributed by atoms with van der Waals surface area (Å²) in [6.45, 7) is 5.80. The number of nitrogens with one attached hydrogen (secondary N) is 1. The lowest BCUT2D eigenvalue weighted by Gasteiger charge is -2.31. The monoisotopic (exact) mass is 445 g/mol. The average molecular weight is 446 g/mol. The number of carbonyl (C=O) groups excluding carboxylic acids is 3. The number of halogens is 1. The molecule has 30 heavy (non-hydrogen) atoms. The second kappa shape index (κ2) is 8.88. The molecule has 1 N–H and O–H groups in total. The predicted octanol–water partition coefficient (Wildman–Crippen LogP) is 4.37. The summed E-state index contributed by atoms with van der Waals surface area (Å²) >= 11 is 7.07. The topological polar surface area (TPSA) is 69.7 Å². The molecular formula is C22H24ClN3O3S. The molecule has 2 aliphatic heterocycles. The second-order valence-corrected chi connectivity index (χ2v) is 9.43. The minimum absolute atomic E-state index is 0.277. The summed E-state index contributed by atoms with van der Waals surface area (Å²) in [5.74, 6) is -0.432. The maximum absolute atomic E-state index is 13.0. The molecule has 1 aromatic heterocycles. The SMILES string of the molecule is CCN1CCC(CCN2C(=O)c3cccc(NC(=O)c4ccc(Cl)s4)c3C2=O)CC1. The largest absolute Gasteiger partial charge is 0.321 e. The van der Waals surface area contributed by atoms with Gasteiger partial charge in [0.15, 0.2) is 0 Å². The van der Waals surface area contributed by atoms with Crippen LogP contribution < -0.4 is 5.32 Å². The van der Waals surface area contributed by atoms with E-state index in [9.17, 15) is 14.4 Å². The van der Waals surface area contributed by atoms with Crippen molar-refractivity contribution in [3.8, 4) is 0 Å². The molecule has 0 bridgehead atoms. The second-order valence-electron chi connectivity index (χ2n) is 7.71. The first-order valence-electron chi connectivity index (χ1n) is 10.3. The average Bonchev–Trinajstić information content (AvgIpc) is 3.29. The van der Waals surface area contributed by atoms with Crippen molar-refractivity contribution >= 4 is 46.3 Å². The van der Waals surface area contributed by atoms with Crippen molar-refractivity contribution in [3.05, 3.63) is 50.7 Å². The number of amides is 3. The van der Waals surface area contributed by atoms with Crippen molar-refractivity contribution in [2.45, 2.75) is 26.2 Å². The van der Waals surface area contributed by atoms with Crippen molar-refractivity contribution < 1.29 is 14.4 Å². The summed E-state index contributed by atoms with van der Waals surface area (Å²) in [6.07, 6.45) is 3.02. The van der Waals surface area contributed by atoms with Gasteiger partial charge in [-0.25, -0.2) is 0 Å². The fraction of sp³-hybridized carbons (Fsp3) is 0.409. The van der Waals surface area contributed by atoms with Crippen LogP contribution in [0.1, 0.15) is 56.6 Å². The van der Waals surface area contributed by atoms with E-state index in [0.29, 0.717) is 32.9 Å². The van der Waals surface area contributed by atoms with Crippen LogP contribution in [0.15, 0.2) is 30.3 Å². The molecule has 1 saturated heterocycles. The highest BCUT2D eigenvalue weighted by molar-refractivity contribution is 7.18. The Labute approximate surface area is 184 Å². The molecule has 2 aliphatic rings. The molecule has 6 nitrogen and oxygen atoms in total. The molecule has 4 rings (SSSR count). The van der Waals surface area contributed by atoms with Crippen LogP contribution in [-0.4, -0.2) is 53.7 Å². The third-order valence-corrected chi connectivity index (χ3v) is 7.19. The first-order chi connectivity index (χ1) is 14.5. The fourth-order valence-electron chi connectivity index (χ4n) is 4.16. The number of hydrogen-bond acceptors (Lipinski definition) is 5. The number of rotatable bonds is 6. The number of nitrogens with zero attached hydrogens (tertiary/aromatic N) is 2. The lowest BCUT2D eigenvalue weighted by Crippen LogP contribution is -2.36. The van der Waals surface area contributed by atoms with Crippen molar-refractivity contribution in [3.63, 3.8) is 0 Å². The Balaban J connectivity index is 1.45. The summed E-state index contributed by atoms with van der Waals surface area (Å²) in [4.78, 5) is 42.6. The zero-order chi connectivity index (χ0) is 21.3. The van der Waals surface area contributed by atoms with E-state index in [0.717, 1.165) is 50.2 Å². The minimum Gasteiger partial charge on any atom is -0.321 e. The Bertz CT molecular complexity index is 982. The molecule has 0 spiro atoms. The van der Waals surface area contributed by atoms with Gasteiger partial charge in [0.2, 0.25) is 0 Å². The van der Waals surface area contributed by atoms with Crippen molar-refractivity contribution in [1.29, 1.82) is 0 Å². The number of carbonyl (C=O) groups is 3. The van der Waals surface area contributed by atoms with E-state index in [-0.39, 0.29) is 23.3 Å². The highest BCUT2D eigenvalue weighted by Crippen LogP contribution is 2.31. The van der Waals surface area contributed by atoms with Gasteiger partial charge in [-0.3, -0.25) is 19.3 Å². The van der Waals surface area contributed by atoms with Crippen LogP contribution in [0.5, 0.6) is 0 Å². The number of imide groups is 1. The maximum Gasteiger partial charge on any atom is 0.265 e. The van der Waals surface area contributed by atoms with Crippen LogP contribution >= 0.6 is 22.9 Å². The van der Waals surface area contributed by atoms with Gasteiger partial charge >= 0.3 is 0 Å². The van der Waals surface area contributed by atoms with Crippen LogP contribution in [0, 0.1) is 5.92 Å². The van der Waals surface area contributed by atoms with Gasteiger partial charge in [0.25, 0.3) is 17.7 Å². The molecule has 1 fully saturated rings. The number of fused-ring (bicyclic) bond motifs is 1. The summed E-state index contributed by atoms with van der Waals surface area (Å²) in [5, 5.41) is 2.77. The first-order valence-corrected chi connectivity index (χ1v) is 11.5. The molecule has 0 unspecified atom stereocenters. The third kappa shape index (κ3) is 4.15. The summed E-state index contributed by atoms with van der Waals surface area (Å²) in [7, 11) is 0. The number of anilines is 1. The Morgan fingerprint density at radius 1 is 1.17 bits per heavy atom. The van der Waals surface area contributed by atoms with Gasteiger partial charge in [-0.2, -0.15) is 0 Å². The highest BCUT2D eigenvalue weighted by atomic mass is 35.5. The lowest BCUT2D eigenvalue weighted by atomic mass is 9.93. The van der Waals surface area contributed by atoms with E-state index >= 15 is 0 Å². The standard InChI is InChI=1S/C22H24ClN3O3S/c1-2-25-11-8-14(9-12-25)10-13-26-21(28)15-4-3-5-16(19(15)22(26)29)24-20(27)17-6-7-18(23)30-17/h3-7,14H,2,8-13H2,1H3,(H,24,27). The van der Waals surface area contributed by atoms with E-state index in [1.54, 1.807) is 30.3 Å². The quantitative estimate of drug-likeness (QED) is 0.670. The molecular weight excluding hydrogens is 422 g/mol. The zero-order valence-electron chi connectivity index (χ0n) is 16.8. The van der Waals surface area contributed by atoms with Gasteiger partial charge in [-0.15, -0.1) is 11.3 Å². The lowest BCUT2D eigenvalue weighted by molar-refractivity contribution is 0.0637. The van der Waals surface area contributed by atoms with Gasteiger partial charge < -0.3 is 10.2 Å². The van der Waals surface area contributed by atoms with E-state index in [1.807, 2.05) is 0 Å². The number of piperidine rings is 1. The molecule has 3 amide bonds. The van der Waals surface area contributed by atoms with Crippen LogP contribution in [0.3, 0.4) is 0 Å². The third-order valence-electron chi connectivity index (χ3n) is 5.96. The molecule has 0 aliphatic carbocycles. The molecule has 3 heterocycles. The predicted molar refractivity (Wildman–Crippen MR) is 119 cm³/mol. The molecule has 0 saturated carbocycles. The maximum atomic E-state index is 13.0. The Morgan fingerprint density at radius 2 is 1.93 bits per heavy atom. The van der Waals surface area contributed by atoms with Crippen LogP contribution in [0.25, 0.3) is 0 Å². The van der Waals surface area contributed by atoms with Gasteiger partial charge in [0.05, 0.1) is 26.0 Å². The van der Waals surface area contributed by atoms with Gasteiger partial charge in [-0.1, -0.05) is 24.6 Å². The Hall–Kier alpha value is -2.22. The molecule has 0 radical (unpaired) electrons. The van der Waals surface area contributed by atoms with Gasteiger partial charge in [-0.05, 0) is 69.1 Å². The zero-order valence-corrected chi connectivity index (χ0v) is 18.4. The minimum atomic E-state index is -0.346. The number of hydrogen-bond donors (Lipinski definition) is 1. The molecule has 0 atom stereocenters. The van der Waals surface area contributed by atoms with Gasteiger partial charge in [0.1, 0.15) is 0 Å². The number of benzene rings is 1. The summed E-state index contributed by atoms with van der Waals surface area (Å²) < 4.78 is 0.514. The normalized spacial score (nSPS) is 17.5. The van der Waals surface area contributed by atoms with Crippen molar-refractivity contribution in [2.24, 2.45) is 5.92 Å². The van der Waals surface area contributed by atoms with Gasteiger partial charge in [0, 0.05) is 6.54 Å². The Kier molecular flexibility index (Phi) is 6.22. The number of thiophene rings is 1. The van der Waals surface area contributed by atoms with Crippen LogP contribution in [0.2, 0.25) is 4.34 Å². The number of likely N-dealkylation sites (tertiary alicyclic amines) is 1. The molecule has 158 valence electrons. The van der Waals surface area contributed by atoms with Crippen molar-refractivity contribution in [1.82, 2.24) is 9.80 Å². The molecule has 2 aromatic rings. The van der Waals surface area contributed by atoms with Crippen LogP contribution in [0.4, 0.5) is 5.69 Å². The fourth-order valence-corrected chi connectivity index (χ4v) is 5.10. The highest BCUT2D eigenvalue weighted by Gasteiger charge is 2.38. The van der Waals surface area contributed by atoms with E-state index < -0.39 is 0 Å². The van der Waals surface area contributed by atoms with Crippen LogP contribution in [-0.2, 0) is 0 Å². The van der Waals surface area contributed by atoms with E-state index in [4.69, 9.17) is 11.6 Å². The van der Waals surface area contributed by atoms with E-state index in [2.05, 4.69) is 17.1 Å².